The van der Waals surface area contributed by atoms with Gasteiger partial charge in [0.2, 0.25) is 5.91 Å². The Morgan fingerprint density at radius 1 is 0.878 bits per heavy atom. The number of carbonyl (C=O) groups is 2. The van der Waals surface area contributed by atoms with Crippen molar-refractivity contribution in [2.24, 2.45) is 13.0 Å². The van der Waals surface area contributed by atoms with Gasteiger partial charge in [-0.25, -0.2) is 0 Å². The molecule has 216 valence electrons. The number of aromatic nitrogens is 2. The molecule has 1 saturated carbocycles. The van der Waals surface area contributed by atoms with E-state index in [-0.39, 0.29) is 17.7 Å². The fraction of sp³-hybridized carbons (Fsp3) is 0.500. The van der Waals surface area contributed by atoms with Crippen molar-refractivity contribution in [2.75, 3.05) is 31.5 Å². The second kappa shape index (κ2) is 12.2. The summed E-state index contributed by atoms with van der Waals surface area (Å²) in [6, 6.07) is 15.2. The summed E-state index contributed by atoms with van der Waals surface area (Å²) >= 11 is 0. The van der Waals surface area contributed by atoms with Gasteiger partial charge in [0, 0.05) is 55.7 Å². The molecule has 1 unspecified atom stereocenters. The van der Waals surface area contributed by atoms with Gasteiger partial charge in [-0.3, -0.25) is 19.2 Å². The lowest BCUT2D eigenvalue weighted by Gasteiger charge is -2.32. The molecule has 3 aliphatic rings. The minimum Gasteiger partial charge on any atom is -0.339 e. The van der Waals surface area contributed by atoms with E-state index in [9.17, 15) is 9.59 Å². The van der Waals surface area contributed by atoms with E-state index in [0.717, 1.165) is 62.3 Å². The number of aryl methyl sites for hydroxylation is 2. The molecule has 1 N–H and O–H groups in total. The summed E-state index contributed by atoms with van der Waals surface area (Å²) in [7, 11) is 1.93. The van der Waals surface area contributed by atoms with Crippen LogP contribution in [0.25, 0.3) is 11.1 Å². The predicted molar refractivity (Wildman–Crippen MR) is 163 cm³/mol. The number of carbonyl (C=O) groups excluding carboxylic acids is 2. The maximum Gasteiger partial charge on any atom is 0.253 e. The van der Waals surface area contributed by atoms with Crippen LogP contribution in [0.3, 0.4) is 0 Å². The average molecular weight is 554 g/mol. The minimum atomic E-state index is 0.0214. The van der Waals surface area contributed by atoms with E-state index in [2.05, 4.69) is 39.6 Å². The molecule has 1 aliphatic carbocycles. The number of hydrogen-bond acceptors (Lipinski definition) is 4. The van der Waals surface area contributed by atoms with E-state index >= 15 is 0 Å². The van der Waals surface area contributed by atoms with Gasteiger partial charge in [-0.15, -0.1) is 0 Å². The number of hydrogen-bond donors (Lipinski definition) is 1. The van der Waals surface area contributed by atoms with Crippen LogP contribution >= 0.6 is 0 Å². The van der Waals surface area contributed by atoms with E-state index in [0.29, 0.717) is 17.5 Å². The highest BCUT2D eigenvalue weighted by atomic mass is 16.2. The first-order chi connectivity index (χ1) is 19.9. The molecule has 6 rings (SSSR count). The highest BCUT2D eigenvalue weighted by Crippen LogP contribution is 2.32. The first-order valence-electron chi connectivity index (χ1n) is 15.5. The van der Waals surface area contributed by atoms with Gasteiger partial charge in [0.15, 0.2) is 0 Å². The summed E-state index contributed by atoms with van der Waals surface area (Å²) in [6.07, 6.45) is 13.3. The van der Waals surface area contributed by atoms with Crippen LogP contribution in [0.5, 0.6) is 0 Å². The van der Waals surface area contributed by atoms with Crippen molar-refractivity contribution in [3.05, 3.63) is 71.5 Å². The van der Waals surface area contributed by atoms with Crippen molar-refractivity contribution < 1.29 is 9.59 Å². The summed E-state index contributed by atoms with van der Waals surface area (Å²) < 4.78 is 1.82. The zero-order valence-electron chi connectivity index (χ0n) is 24.5. The molecule has 2 amide bonds. The molecule has 2 saturated heterocycles. The second-order valence-electron chi connectivity index (χ2n) is 12.4. The number of nitrogens with one attached hydrogen (secondary N) is 1. The van der Waals surface area contributed by atoms with E-state index in [1.807, 2.05) is 54.1 Å². The van der Waals surface area contributed by atoms with Gasteiger partial charge in [-0.05, 0) is 80.3 Å². The van der Waals surface area contributed by atoms with Crippen LogP contribution in [0.1, 0.15) is 78.8 Å². The summed E-state index contributed by atoms with van der Waals surface area (Å²) in [4.78, 5) is 31.2. The van der Waals surface area contributed by atoms with Crippen LogP contribution in [0.4, 0.5) is 5.69 Å². The van der Waals surface area contributed by atoms with Gasteiger partial charge in [-0.1, -0.05) is 49.6 Å². The fourth-order valence-corrected chi connectivity index (χ4v) is 7.02. The van der Waals surface area contributed by atoms with Crippen molar-refractivity contribution in [3.63, 3.8) is 0 Å². The van der Waals surface area contributed by atoms with E-state index in [1.165, 1.54) is 43.2 Å². The average Bonchev–Trinajstić information content (AvgIpc) is 3.69. The normalized spacial score (nSPS) is 20.8. The predicted octanol–water partition coefficient (Wildman–Crippen LogP) is 6.01. The number of likely N-dealkylation sites (tertiary alicyclic amines) is 2. The molecule has 1 atom stereocenters. The van der Waals surface area contributed by atoms with Crippen LogP contribution in [0.15, 0.2) is 54.9 Å². The SMILES string of the molecule is Cc1ccc(C(=O)N2CCC(c3ccc(-c4cnn(C)c4)cc3)CC2)cc1NC(=O)C1CCN(C2CCCCC2)C1. The van der Waals surface area contributed by atoms with Crippen LogP contribution in [-0.2, 0) is 11.8 Å². The molecule has 1 aromatic heterocycles. The van der Waals surface area contributed by atoms with Crippen molar-refractivity contribution in [3.8, 4) is 11.1 Å². The van der Waals surface area contributed by atoms with E-state index < -0.39 is 0 Å². The Morgan fingerprint density at radius 3 is 2.34 bits per heavy atom. The van der Waals surface area contributed by atoms with Crippen molar-refractivity contribution >= 4 is 17.5 Å². The lowest BCUT2D eigenvalue weighted by atomic mass is 9.88. The molecule has 3 aromatic rings. The largest absolute Gasteiger partial charge is 0.339 e. The van der Waals surface area contributed by atoms with Gasteiger partial charge >= 0.3 is 0 Å². The Bertz CT molecular complexity index is 1370. The Balaban J connectivity index is 1.03. The maximum atomic E-state index is 13.5. The lowest BCUT2D eigenvalue weighted by molar-refractivity contribution is -0.119. The summed E-state index contributed by atoms with van der Waals surface area (Å²) in [5, 5.41) is 7.45. The molecule has 3 heterocycles. The van der Waals surface area contributed by atoms with Gasteiger partial charge < -0.3 is 10.2 Å². The molecule has 41 heavy (non-hydrogen) atoms. The Hall–Kier alpha value is -3.45. The van der Waals surface area contributed by atoms with Gasteiger partial charge in [0.1, 0.15) is 0 Å². The first kappa shape index (κ1) is 27.7. The van der Waals surface area contributed by atoms with E-state index in [4.69, 9.17) is 0 Å². The molecule has 2 aliphatic heterocycles. The molecule has 7 heteroatoms. The minimum absolute atomic E-state index is 0.0214. The smallest absolute Gasteiger partial charge is 0.253 e. The topological polar surface area (TPSA) is 70.5 Å². The Labute approximate surface area is 243 Å². The molecule has 0 bridgehead atoms. The molecule has 2 aromatic carbocycles. The number of piperidine rings is 1. The number of rotatable bonds is 6. The molecule has 7 nitrogen and oxygen atoms in total. The van der Waals surface area contributed by atoms with Crippen LogP contribution in [0, 0.1) is 12.8 Å². The van der Waals surface area contributed by atoms with Crippen molar-refractivity contribution in [1.82, 2.24) is 19.6 Å². The summed E-state index contributed by atoms with van der Waals surface area (Å²) in [5.41, 5.74) is 6.04. The maximum absolute atomic E-state index is 13.5. The number of nitrogens with zero attached hydrogens (tertiary/aromatic N) is 4. The zero-order chi connectivity index (χ0) is 28.3. The molecule has 3 fully saturated rings. The third kappa shape index (κ3) is 6.25. The van der Waals surface area contributed by atoms with Crippen LogP contribution in [-0.4, -0.2) is 63.6 Å². The lowest BCUT2D eigenvalue weighted by Crippen LogP contribution is -2.38. The third-order valence-corrected chi connectivity index (χ3v) is 9.63. The number of benzene rings is 2. The zero-order valence-corrected chi connectivity index (χ0v) is 24.5. The Kier molecular flexibility index (Phi) is 8.24. The van der Waals surface area contributed by atoms with Gasteiger partial charge in [0.25, 0.3) is 5.91 Å². The quantitative estimate of drug-likeness (QED) is 0.406. The second-order valence-corrected chi connectivity index (χ2v) is 12.4. The molecule has 0 spiro atoms. The molecular weight excluding hydrogens is 510 g/mol. The van der Waals surface area contributed by atoms with Gasteiger partial charge in [-0.2, -0.15) is 5.10 Å². The van der Waals surface area contributed by atoms with Crippen LogP contribution < -0.4 is 5.32 Å². The van der Waals surface area contributed by atoms with Crippen molar-refractivity contribution in [2.45, 2.75) is 70.3 Å². The monoisotopic (exact) mass is 553 g/mol. The molecular formula is C34H43N5O2. The standard InChI is InChI=1S/C34H43N5O2/c1-24-8-9-28(20-32(24)36-33(40)29-16-19-39(23-29)31-6-4-3-5-7-31)34(41)38-17-14-27(15-18-38)25-10-12-26(13-11-25)30-21-35-37(2)22-30/h8-13,20-22,27,29,31H,3-7,14-19,23H2,1-2H3,(H,36,40). The van der Waals surface area contributed by atoms with Crippen LogP contribution in [0.2, 0.25) is 0 Å². The number of amides is 2. The highest BCUT2D eigenvalue weighted by Gasteiger charge is 2.33. The number of anilines is 1. The van der Waals surface area contributed by atoms with Gasteiger partial charge in [0.05, 0.1) is 12.1 Å². The van der Waals surface area contributed by atoms with E-state index in [1.54, 1.807) is 0 Å². The fourth-order valence-electron chi connectivity index (χ4n) is 7.02. The molecule has 0 radical (unpaired) electrons. The summed E-state index contributed by atoms with van der Waals surface area (Å²) in [5.74, 6) is 0.615. The summed E-state index contributed by atoms with van der Waals surface area (Å²) in [6.45, 7) is 5.35. The van der Waals surface area contributed by atoms with Crippen molar-refractivity contribution in [1.29, 1.82) is 0 Å². The highest BCUT2D eigenvalue weighted by molar-refractivity contribution is 5.98. The third-order valence-electron chi connectivity index (χ3n) is 9.63. The first-order valence-corrected chi connectivity index (χ1v) is 15.5. The Morgan fingerprint density at radius 2 is 1.63 bits per heavy atom.